The van der Waals surface area contributed by atoms with Gasteiger partial charge in [0.1, 0.15) is 0 Å². The number of amides is 2. The number of hydrogen-bond donors (Lipinski definition) is 1. The van der Waals surface area contributed by atoms with Crippen LogP contribution in [0.3, 0.4) is 0 Å². The van der Waals surface area contributed by atoms with Crippen LogP contribution in [-0.2, 0) is 22.6 Å². The van der Waals surface area contributed by atoms with Crippen LogP contribution in [0.4, 0.5) is 0 Å². The fraction of sp³-hybridized carbons (Fsp3) is 0.316. The molecule has 0 saturated heterocycles. The van der Waals surface area contributed by atoms with Crippen molar-refractivity contribution >= 4 is 35.0 Å². The Hall–Kier alpha value is -2.11. The Bertz CT molecular complexity index is 754. The predicted molar refractivity (Wildman–Crippen MR) is 103 cm³/mol. The average Bonchev–Trinajstić information content (AvgIpc) is 2.61. The third-order valence-corrected chi connectivity index (χ3v) is 4.45. The Morgan fingerprint density at radius 3 is 2.65 bits per heavy atom. The molecule has 5 nitrogen and oxygen atoms in total. The molecule has 26 heavy (non-hydrogen) atoms. The molecule has 0 fully saturated rings. The Morgan fingerprint density at radius 1 is 1.19 bits per heavy atom. The number of carbonyl (C=O) groups excluding carboxylic acids is 2. The first-order chi connectivity index (χ1) is 12.5. The molecule has 0 aliphatic rings. The number of nitrogens with one attached hydrogen (secondary N) is 1. The predicted octanol–water partition coefficient (Wildman–Crippen LogP) is 3.49. The van der Waals surface area contributed by atoms with E-state index in [1.165, 1.54) is 6.92 Å². The molecular formula is C19H21Cl2N3O2. The van der Waals surface area contributed by atoms with Crippen molar-refractivity contribution in [2.75, 3.05) is 13.1 Å². The summed E-state index contributed by atoms with van der Waals surface area (Å²) in [5.41, 5.74) is 1.72. The molecular weight excluding hydrogens is 373 g/mol. The molecule has 0 aliphatic heterocycles. The van der Waals surface area contributed by atoms with E-state index in [4.69, 9.17) is 23.2 Å². The molecule has 0 aliphatic carbocycles. The standard InChI is InChI=1S/C19H21Cl2N3O2/c1-14(25)24(13-17-4-2-3-9-22-17)11-8-19(26)23-10-7-15-5-6-16(20)12-18(15)21/h2-6,9,12H,7-8,10-11,13H2,1H3,(H,23,26). The third kappa shape index (κ3) is 6.65. The third-order valence-electron chi connectivity index (χ3n) is 3.86. The van der Waals surface area contributed by atoms with E-state index < -0.39 is 0 Å². The molecule has 0 bridgehead atoms. The molecule has 2 amide bonds. The molecule has 0 spiro atoms. The van der Waals surface area contributed by atoms with E-state index in [-0.39, 0.29) is 18.2 Å². The first-order valence-electron chi connectivity index (χ1n) is 8.32. The van der Waals surface area contributed by atoms with Crippen molar-refractivity contribution in [3.05, 3.63) is 63.9 Å². The Balaban J connectivity index is 1.76. The summed E-state index contributed by atoms with van der Waals surface area (Å²) in [7, 11) is 0. The van der Waals surface area contributed by atoms with Crippen LogP contribution >= 0.6 is 23.2 Å². The Kier molecular flexibility index (Phi) is 7.88. The minimum absolute atomic E-state index is 0.0867. The van der Waals surface area contributed by atoms with Crippen LogP contribution in [0, 0.1) is 0 Å². The quantitative estimate of drug-likeness (QED) is 0.746. The van der Waals surface area contributed by atoms with Gasteiger partial charge in [0, 0.05) is 42.7 Å². The minimum Gasteiger partial charge on any atom is -0.356 e. The zero-order valence-electron chi connectivity index (χ0n) is 14.5. The first kappa shape index (κ1) is 20.2. The highest BCUT2D eigenvalue weighted by Gasteiger charge is 2.12. The highest BCUT2D eigenvalue weighted by Crippen LogP contribution is 2.21. The second-order valence-corrected chi connectivity index (χ2v) is 6.69. The smallest absolute Gasteiger partial charge is 0.221 e. The molecule has 1 heterocycles. The largest absolute Gasteiger partial charge is 0.356 e. The number of halogens is 2. The lowest BCUT2D eigenvalue weighted by Crippen LogP contribution is -2.34. The minimum atomic E-state index is -0.109. The number of benzene rings is 1. The summed E-state index contributed by atoms with van der Waals surface area (Å²) >= 11 is 12.0. The Morgan fingerprint density at radius 2 is 2.00 bits per heavy atom. The number of nitrogens with zero attached hydrogens (tertiary/aromatic N) is 2. The van der Waals surface area contributed by atoms with Crippen LogP contribution in [0.15, 0.2) is 42.6 Å². The highest BCUT2D eigenvalue weighted by molar-refractivity contribution is 6.35. The normalized spacial score (nSPS) is 10.4. The van der Waals surface area contributed by atoms with Gasteiger partial charge in [-0.15, -0.1) is 0 Å². The van der Waals surface area contributed by atoms with Gasteiger partial charge in [0.2, 0.25) is 11.8 Å². The van der Waals surface area contributed by atoms with E-state index in [9.17, 15) is 9.59 Å². The summed E-state index contributed by atoms with van der Waals surface area (Å²) in [6, 6.07) is 10.8. The molecule has 0 radical (unpaired) electrons. The van der Waals surface area contributed by atoms with Crippen molar-refractivity contribution in [2.24, 2.45) is 0 Å². The maximum absolute atomic E-state index is 12.0. The molecule has 0 atom stereocenters. The van der Waals surface area contributed by atoms with Crippen molar-refractivity contribution in [2.45, 2.75) is 26.3 Å². The summed E-state index contributed by atoms with van der Waals surface area (Å²) in [5.74, 6) is -0.196. The van der Waals surface area contributed by atoms with Crippen molar-refractivity contribution in [3.63, 3.8) is 0 Å². The van der Waals surface area contributed by atoms with Gasteiger partial charge in [0.15, 0.2) is 0 Å². The van der Waals surface area contributed by atoms with Gasteiger partial charge in [-0.05, 0) is 36.2 Å². The summed E-state index contributed by atoms with van der Waals surface area (Å²) < 4.78 is 0. The summed E-state index contributed by atoms with van der Waals surface area (Å²) in [6.07, 6.45) is 2.54. The van der Waals surface area contributed by atoms with Crippen LogP contribution in [-0.4, -0.2) is 34.8 Å². The van der Waals surface area contributed by atoms with Gasteiger partial charge in [-0.2, -0.15) is 0 Å². The fourth-order valence-electron chi connectivity index (χ4n) is 2.42. The fourth-order valence-corrected chi connectivity index (χ4v) is 2.92. The number of aromatic nitrogens is 1. The summed E-state index contributed by atoms with van der Waals surface area (Å²) in [4.78, 5) is 29.6. The average molecular weight is 394 g/mol. The maximum Gasteiger partial charge on any atom is 0.221 e. The molecule has 2 rings (SSSR count). The van der Waals surface area contributed by atoms with Crippen molar-refractivity contribution in [3.8, 4) is 0 Å². The van der Waals surface area contributed by atoms with Crippen molar-refractivity contribution in [1.29, 1.82) is 0 Å². The van der Waals surface area contributed by atoms with Gasteiger partial charge in [-0.3, -0.25) is 14.6 Å². The number of rotatable bonds is 8. The van der Waals surface area contributed by atoms with Crippen LogP contribution in [0.1, 0.15) is 24.6 Å². The highest BCUT2D eigenvalue weighted by atomic mass is 35.5. The number of carbonyl (C=O) groups is 2. The lowest BCUT2D eigenvalue weighted by atomic mass is 10.1. The molecule has 1 N–H and O–H groups in total. The molecule has 0 unspecified atom stereocenters. The SMILES string of the molecule is CC(=O)N(CCC(=O)NCCc1ccc(Cl)cc1Cl)Cc1ccccn1. The van der Waals surface area contributed by atoms with Crippen LogP contribution in [0.25, 0.3) is 0 Å². The maximum atomic E-state index is 12.0. The van der Waals surface area contributed by atoms with Crippen LogP contribution < -0.4 is 5.32 Å². The molecule has 138 valence electrons. The van der Waals surface area contributed by atoms with E-state index in [1.54, 1.807) is 23.2 Å². The van der Waals surface area contributed by atoms with E-state index in [0.717, 1.165) is 11.3 Å². The molecule has 0 saturated carbocycles. The second kappa shape index (κ2) is 10.1. The van der Waals surface area contributed by atoms with Gasteiger partial charge < -0.3 is 10.2 Å². The monoisotopic (exact) mass is 393 g/mol. The molecule has 2 aromatic rings. The zero-order chi connectivity index (χ0) is 18.9. The number of hydrogen-bond acceptors (Lipinski definition) is 3. The van der Waals surface area contributed by atoms with Gasteiger partial charge in [0.05, 0.1) is 12.2 Å². The summed E-state index contributed by atoms with van der Waals surface area (Å²) in [6.45, 7) is 2.70. The van der Waals surface area contributed by atoms with E-state index in [2.05, 4.69) is 10.3 Å². The topological polar surface area (TPSA) is 62.3 Å². The lowest BCUT2D eigenvalue weighted by Gasteiger charge is -2.20. The first-order valence-corrected chi connectivity index (χ1v) is 9.07. The molecule has 1 aromatic heterocycles. The van der Waals surface area contributed by atoms with Crippen LogP contribution in [0.5, 0.6) is 0 Å². The van der Waals surface area contributed by atoms with Gasteiger partial charge >= 0.3 is 0 Å². The summed E-state index contributed by atoms with van der Waals surface area (Å²) in [5, 5.41) is 4.02. The van der Waals surface area contributed by atoms with Gasteiger partial charge in [-0.1, -0.05) is 35.3 Å². The molecule has 7 heteroatoms. The number of pyridine rings is 1. The Labute approximate surface area is 163 Å². The second-order valence-electron chi connectivity index (χ2n) is 5.85. The molecule has 1 aromatic carbocycles. The van der Waals surface area contributed by atoms with Crippen molar-refractivity contribution in [1.82, 2.24) is 15.2 Å². The zero-order valence-corrected chi connectivity index (χ0v) is 16.1. The van der Waals surface area contributed by atoms with Crippen LogP contribution in [0.2, 0.25) is 10.0 Å². The van der Waals surface area contributed by atoms with Gasteiger partial charge in [0.25, 0.3) is 0 Å². The van der Waals surface area contributed by atoms with E-state index in [1.807, 2.05) is 24.3 Å². The van der Waals surface area contributed by atoms with E-state index >= 15 is 0 Å². The van der Waals surface area contributed by atoms with Gasteiger partial charge in [-0.25, -0.2) is 0 Å². The van der Waals surface area contributed by atoms with E-state index in [0.29, 0.717) is 36.1 Å². The lowest BCUT2D eigenvalue weighted by molar-refractivity contribution is -0.130. The van der Waals surface area contributed by atoms with Crippen molar-refractivity contribution < 1.29 is 9.59 Å².